The Labute approximate surface area is 249 Å². The van der Waals surface area contributed by atoms with Crippen molar-refractivity contribution in [3.63, 3.8) is 0 Å². The Morgan fingerprint density at radius 3 is 1.91 bits per heavy atom. The van der Waals surface area contributed by atoms with Crippen LogP contribution < -0.4 is 14.8 Å². The van der Waals surface area contributed by atoms with Gasteiger partial charge < -0.3 is 14.8 Å². The molecule has 3 aromatic rings. The summed E-state index contributed by atoms with van der Waals surface area (Å²) in [5.74, 6) is -3.92. The van der Waals surface area contributed by atoms with Crippen LogP contribution in [-0.2, 0) is 18.3 Å². The fourth-order valence-corrected chi connectivity index (χ4v) is 4.28. The van der Waals surface area contributed by atoms with E-state index in [1.165, 1.54) is 12.1 Å². The molecule has 0 heterocycles. The Hall–Kier alpha value is -4.15. The van der Waals surface area contributed by atoms with Gasteiger partial charge in [-0.2, -0.15) is 48.3 Å². The van der Waals surface area contributed by atoms with Gasteiger partial charge in [-0.25, -0.2) is 4.39 Å². The molecule has 0 aliphatic heterocycles. The van der Waals surface area contributed by atoms with E-state index in [0.717, 1.165) is 25.3 Å². The number of carbonyl (C=O) groups excluding carboxylic acids is 2. The second-order valence-corrected chi connectivity index (χ2v) is 9.39. The summed E-state index contributed by atoms with van der Waals surface area (Å²) in [6.45, 7) is -3.87. The van der Waals surface area contributed by atoms with E-state index < -0.39 is 81.9 Å². The van der Waals surface area contributed by atoms with Crippen LogP contribution in [0.1, 0.15) is 37.4 Å². The molecule has 0 bridgehead atoms. The number of Topliss-reactive ketones (excluding diaryl/α,β-unsaturated/α-hetero) is 1. The van der Waals surface area contributed by atoms with E-state index in [2.05, 4.69) is 10.1 Å². The first-order chi connectivity index (χ1) is 20.6. The summed E-state index contributed by atoms with van der Waals surface area (Å²) in [5.41, 5.74) is -11.1. The fourth-order valence-electron chi connectivity index (χ4n) is 4.01. The first-order valence-corrected chi connectivity index (χ1v) is 12.3. The molecule has 0 aromatic heterocycles. The monoisotopic (exact) mass is 681 g/mol. The smallest absolute Gasteiger partial charge is 0.435 e. The Kier molecular flexibility index (Phi) is 9.96. The molecule has 0 fully saturated rings. The molecular weight excluding hydrogens is 666 g/mol. The molecule has 0 saturated carbocycles. The topological polar surface area (TPSA) is 64.6 Å². The van der Waals surface area contributed by atoms with E-state index in [1.54, 1.807) is 0 Å². The van der Waals surface area contributed by atoms with Crippen molar-refractivity contribution in [3.05, 3.63) is 87.4 Å². The summed E-state index contributed by atoms with van der Waals surface area (Å²) in [6.07, 6.45) is -19.0. The van der Waals surface area contributed by atoms with Crippen molar-refractivity contribution < 1.29 is 71.7 Å². The predicted octanol–water partition coefficient (Wildman–Crippen LogP) is 8.94. The number of nitrogens with one attached hydrogen (secondary N) is 1. The zero-order valence-corrected chi connectivity index (χ0v) is 22.8. The highest BCUT2D eigenvalue weighted by molar-refractivity contribution is 6.32. The predicted molar refractivity (Wildman–Crippen MR) is 133 cm³/mol. The van der Waals surface area contributed by atoms with Crippen LogP contribution >= 0.6 is 11.6 Å². The Morgan fingerprint density at radius 1 is 0.844 bits per heavy atom. The number of anilines is 1. The summed E-state index contributed by atoms with van der Waals surface area (Å²) in [7, 11) is 1.02. The number of methoxy groups -OCH3 is 1. The van der Waals surface area contributed by atoms with Crippen molar-refractivity contribution in [1.82, 2.24) is 0 Å². The lowest BCUT2D eigenvalue weighted by atomic mass is 9.91. The van der Waals surface area contributed by atoms with Crippen LogP contribution in [0.4, 0.5) is 58.4 Å². The minimum absolute atomic E-state index is 0.137. The maximum atomic E-state index is 14.6. The molecule has 3 rings (SSSR count). The number of hydrogen-bond acceptors (Lipinski definition) is 4. The molecule has 1 N–H and O–H groups in total. The second kappa shape index (κ2) is 12.7. The summed E-state index contributed by atoms with van der Waals surface area (Å²) < 4.78 is 168. The molecule has 244 valence electrons. The number of ketones is 1. The van der Waals surface area contributed by atoms with Crippen LogP contribution in [-0.4, -0.2) is 37.8 Å². The summed E-state index contributed by atoms with van der Waals surface area (Å²) in [5, 5.41) is 1.13. The Morgan fingerprint density at radius 2 is 1.42 bits per heavy atom. The van der Waals surface area contributed by atoms with Crippen molar-refractivity contribution in [2.75, 3.05) is 12.4 Å². The Bertz CT molecular complexity index is 1550. The number of ether oxygens (including phenoxy) is 2. The molecule has 18 heteroatoms. The van der Waals surface area contributed by atoms with E-state index in [-0.39, 0.29) is 29.1 Å². The Balaban J connectivity index is 2.01. The highest BCUT2D eigenvalue weighted by atomic mass is 35.5. The number of rotatable bonds is 9. The van der Waals surface area contributed by atoms with E-state index in [0.29, 0.717) is 12.1 Å². The van der Waals surface area contributed by atoms with Gasteiger partial charge in [0.2, 0.25) is 0 Å². The first kappa shape index (κ1) is 35.3. The van der Waals surface area contributed by atoms with Gasteiger partial charge in [-0.1, -0.05) is 17.7 Å². The van der Waals surface area contributed by atoms with Gasteiger partial charge in [0.15, 0.2) is 11.5 Å². The molecule has 0 radical (unpaired) electrons. The van der Waals surface area contributed by atoms with Crippen molar-refractivity contribution in [3.8, 4) is 11.5 Å². The van der Waals surface area contributed by atoms with Crippen molar-refractivity contribution in [2.24, 2.45) is 0 Å². The van der Waals surface area contributed by atoms with Crippen LogP contribution in [0.15, 0.2) is 54.6 Å². The zero-order valence-electron chi connectivity index (χ0n) is 22.0. The minimum Gasteiger partial charge on any atom is -0.494 e. The average Bonchev–Trinajstić information content (AvgIpc) is 2.92. The van der Waals surface area contributed by atoms with Gasteiger partial charge in [-0.3, -0.25) is 9.59 Å². The lowest BCUT2D eigenvalue weighted by Crippen LogP contribution is -2.50. The minimum atomic E-state index is -6.62. The quantitative estimate of drug-likeness (QED) is 0.181. The third-order valence-corrected chi connectivity index (χ3v) is 6.47. The van der Waals surface area contributed by atoms with Gasteiger partial charge >= 0.3 is 30.8 Å². The summed E-state index contributed by atoms with van der Waals surface area (Å²) >= 11 is 5.80. The van der Waals surface area contributed by atoms with Gasteiger partial charge in [0, 0.05) is 28.1 Å². The van der Waals surface area contributed by atoms with E-state index in [1.807, 2.05) is 0 Å². The van der Waals surface area contributed by atoms with Crippen LogP contribution in [0.2, 0.25) is 5.02 Å². The second-order valence-electron chi connectivity index (χ2n) is 8.98. The van der Waals surface area contributed by atoms with Gasteiger partial charge in [-0.15, -0.1) is 0 Å². The van der Waals surface area contributed by atoms with E-state index in [9.17, 15) is 62.3 Å². The maximum Gasteiger partial charge on any atom is 0.435 e. The highest BCUT2D eigenvalue weighted by Crippen LogP contribution is 2.54. The molecular formula is C27H16ClF12NO4. The molecule has 1 amide bonds. The van der Waals surface area contributed by atoms with E-state index >= 15 is 0 Å². The first-order valence-electron chi connectivity index (χ1n) is 11.9. The lowest BCUT2D eigenvalue weighted by molar-refractivity contribution is -0.348. The summed E-state index contributed by atoms with van der Waals surface area (Å²) in [6, 6.07) is 5.99. The third kappa shape index (κ3) is 7.40. The number of benzene rings is 3. The van der Waals surface area contributed by atoms with Crippen LogP contribution in [0.5, 0.6) is 11.5 Å². The maximum absolute atomic E-state index is 14.6. The SMILES string of the molecule is COc1c(NC(=O)c2ccc(C(F)(F)F)cc2)cccc1C(=O)Cc1c(Cl)cc(C(F)(C(F)(F)F)C(F)(F)F)cc1OC(F)F. The van der Waals surface area contributed by atoms with Crippen LogP contribution in [0, 0.1) is 0 Å². The third-order valence-electron chi connectivity index (χ3n) is 6.13. The summed E-state index contributed by atoms with van der Waals surface area (Å²) in [4.78, 5) is 25.8. The number of carbonyl (C=O) groups is 2. The standard InChI is InChI=1S/C27H16ClF12NO4/c1-44-21-15(3-2-4-18(21)41-22(43)12-5-7-13(8-6-12)25(32,33)34)19(42)11-16-17(28)9-14(10-20(16)45-23(29)30)24(31,26(35,36)37)27(38,39)40/h2-10,23H,11H2,1H3,(H,41,43). The number of para-hydroxylation sites is 1. The normalized spacial score (nSPS) is 12.7. The number of halogens is 13. The van der Waals surface area contributed by atoms with Gasteiger partial charge in [-0.05, 0) is 48.5 Å². The highest BCUT2D eigenvalue weighted by Gasteiger charge is 2.73. The molecule has 3 aromatic carbocycles. The van der Waals surface area contributed by atoms with Gasteiger partial charge in [0.05, 0.1) is 23.9 Å². The molecule has 0 spiro atoms. The molecule has 0 aliphatic carbocycles. The fraction of sp³-hybridized carbons (Fsp3) is 0.259. The van der Waals surface area contributed by atoms with Crippen molar-refractivity contribution >= 4 is 29.0 Å². The number of hydrogen-bond donors (Lipinski definition) is 1. The molecule has 45 heavy (non-hydrogen) atoms. The van der Waals surface area contributed by atoms with Crippen molar-refractivity contribution in [2.45, 2.75) is 37.2 Å². The lowest BCUT2D eigenvalue weighted by Gasteiger charge is -2.31. The van der Waals surface area contributed by atoms with Crippen LogP contribution in [0.3, 0.4) is 0 Å². The van der Waals surface area contributed by atoms with Crippen LogP contribution in [0.25, 0.3) is 0 Å². The molecule has 0 unspecified atom stereocenters. The number of amides is 1. The molecule has 0 saturated heterocycles. The average molecular weight is 682 g/mol. The molecule has 5 nitrogen and oxygen atoms in total. The molecule has 0 atom stereocenters. The zero-order chi connectivity index (χ0) is 34.1. The largest absolute Gasteiger partial charge is 0.494 e. The number of alkyl halides is 12. The van der Waals surface area contributed by atoms with Crippen molar-refractivity contribution in [1.29, 1.82) is 0 Å². The van der Waals surface area contributed by atoms with Gasteiger partial charge in [0.1, 0.15) is 5.75 Å². The molecule has 0 aliphatic rings. The van der Waals surface area contributed by atoms with Gasteiger partial charge in [0.25, 0.3) is 5.91 Å². The van der Waals surface area contributed by atoms with E-state index in [4.69, 9.17) is 16.3 Å².